The average molecular weight is 752 g/mol. The summed E-state index contributed by atoms with van der Waals surface area (Å²) in [7, 11) is 0. The van der Waals surface area contributed by atoms with Gasteiger partial charge in [-0.15, -0.1) is 0 Å². The molecule has 53 heavy (non-hydrogen) atoms. The molecule has 4 aliphatic rings. The van der Waals surface area contributed by atoms with Gasteiger partial charge in [0.05, 0.1) is 23.9 Å². The van der Waals surface area contributed by atoms with Gasteiger partial charge in [0.15, 0.2) is 11.0 Å². The van der Waals surface area contributed by atoms with Crippen LogP contribution < -0.4 is 9.64 Å². The molecule has 0 radical (unpaired) electrons. The third kappa shape index (κ3) is 9.12. The third-order valence-corrected chi connectivity index (χ3v) is 11.2. The van der Waals surface area contributed by atoms with E-state index in [1.54, 1.807) is 0 Å². The second-order valence-electron chi connectivity index (χ2n) is 15.9. The Morgan fingerprint density at radius 1 is 0.981 bits per heavy atom. The van der Waals surface area contributed by atoms with Gasteiger partial charge in [-0.2, -0.15) is 9.97 Å². The molecule has 0 aliphatic carbocycles. The van der Waals surface area contributed by atoms with Gasteiger partial charge < -0.3 is 24.0 Å². The highest BCUT2D eigenvalue weighted by atomic mass is 35.5. The van der Waals surface area contributed by atoms with Crippen molar-refractivity contribution in [3.8, 4) is 6.01 Å². The minimum absolute atomic E-state index is 0.0524. The number of rotatable bonds is 11. The monoisotopic (exact) mass is 751 g/mol. The first kappa shape index (κ1) is 37.5. The molecule has 2 bridgehead atoms. The van der Waals surface area contributed by atoms with E-state index in [-0.39, 0.29) is 46.9 Å². The van der Waals surface area contributed by atoms with Gasteiger partial charge in [-0.05, 0) is 90.4 Å². The number of ether oxygens (including phenoxy) is 3. The van der Waals surface area contributed by atoms with Crippen molar-refractivity contribution < 1.29 is 28.2 Å². The Morgan fingerprint density at radius 3 is 2.43 bits per heavy atom. The maximum Gasteiger partial charge on any atom is 0.410 e. The zero-order valence-electron chi connectivity index (χ0n) is 31.0. The molecule has 6 heterocycles. The van der Waals surface area contributed by atoms with Crippen molar-refractivity contribution in [3.63, 3.8) is 0 Å². The molecule has 12 nitrogen and oxygen atoms in total. The fraction of sp³-hybridized carbons (Fsp3) is 0.615. The zero-order chi connectivity index (χ0) is 37.1. The van der Waals surface area contributed by atoms with Crippen molar-refractivity contribution in [2.75, 3.05) is 57.3 Å². The number of fused-ring (bicyclic) bond motifs is 3. The van der Waals surface area contributed by atoms with Crippen molar-refractivity contribution in [3.05, 3.63) is 53.1 Å². The van der Waals surface area contributed by atoms with Gasteiger partial charge in [-0.1, -0.05) is 41.9 Å². The van der Waals surface area contributed by atoms with Gasteiger partial charge in [0.2, 0.25) is 0 Å². The van der Waals surface area contributed by atoms with Crippen LogP contribution in [0, 0.1) is 11.7 Å². The van der Waals surface area contributed by atoms with Crippen molar-refractivity contribution in [2.24, 2.45) is 5.92 Å². The van der Waals surface area contributed by atoms with Crippen LogP contribution in [0.2, 0.25) is 5.15 Å². The maximum absolute atomic E-state index is 15.4. The lowest BCUT2D eigenvalue weighted by Gasteiger charge is -2.42. The van der Waals surface area contributed by atoms with E-state index in [0.717, 1.165) is 76.8 Å². The van der Waals surface area contributed by atoms with E-state index in [4.69, 9.17) is 30.8 Å². The molecule has 0 N–H and O–H groups in total. The normalized spacial score (nSPS) is 22.8. The summed E-state index contributed by atoms with van der Waals surface area (Å²) in [5.74, 6) is 0.242. The lowest BCUT2D eigenvalue weighted by molar-refractivity contribution is -0.145. The summed E-state index contributed by atoms with van der Waals surface area (Å²) in [4.78, 5) is 47.7. The van der Waals surface area contributed by atoms with Gasteiger partial charge in [-0.3, -0.25) is 14.6 Å². The van der Waals surface area contributed by atoms with Gasteiger partial charge in [0.1, 0.15) is 30.1 Å². The van der Waals surface area contributed by atoms with E-state index in [1.807, 2.05) is 56.0 Å². The molecular formula is C39H51ClFN7O5. The summed E-state index contributed by atoms with van der Waals surface area (Å²) in [6, 6.07) is 9.96. The fourth-order valence-corrected chi connectivity index (χ4v) is 8.41. The van der Waals surface area contributed by atoms with Gasteiger partial charge in [0, 0.05) is 38.4 Å². The topological polar surface area (TPSA) is 113 Å². The molecule has 4 saturated heterocycles. The van der Waals surface area contributed by atoms with Crippen LogP contribution in [0.3, 0.4) is 0 Å². The van der Waals surface area contributed by atoms with Crippen molar-refractivity contribution >= 4 is 40.4 Å². The molecule has 3 atom stereocenters. The SMILES string of the molecule is CC(C)(C)OC(=O)N1C2CCC1CN(c1nc(OC[C@@H]3CCCN3CC3CCN(CCC(=O)OCc4ccccc4)CC3)nc3c(F)c(Cl)ncc13)C2. The number of likely N-dealkylation sites (tertiary alicyclic amines) is 2. The second kappa shape index (κ2) is 16.3. The first-order chi connectivity index (χ1) is 25.5. The Hall–Kier alpha value is -3.81. The number of halogens is 2. The minimum atomic E-state index is -0.703. The van der Waals surface area contributed by atoms with E-state index in [0.29, 0.717) is 49.8 Å². The summed E-state index contributed by atoms with van der Waals surface area (Å²) in [5.41, 5.74) is 0.488. The molecule has 2 unspecified atom stereocenters. The number of carbonyl (C=O) groups is 2. The van der Waals surface area contributed by atoms with Crippen molar-refractivity contribution in [1.29, 1.82) is 0 Å². The van der Waals surface area contributed by atoms with Crippen LogP contribution >= 0.6 is 11.6 Å². The number of esters is 1. The average Bonchev–Trinajstić information content (AvgIpc) is 3.70. The molecule has 4 fully saturated rings. The van der Waals surface area contributed by atoms with Crippen molar-refractivity contribution in [2.45, 2.75) is 96.1 Å². The van der Waals surface area contributed by atoms with Crippen LogP contribution in [0.25, 0.3) is 10.9 Å². The first-order valence-electron chi connectivity index (χ1n) is 19.1. The number of nitrogens with zero attached hydrogens (tertiary/aromatic N) is 7. The first-order valence-corrected chi connectivity index (χ1v) is 19.5. The standard InChI is InChI=1S/C39H51ClFN7O5/c1-39(2,3)53-38(50)48-28-11-12-29(48)23-47(22-28)36-31-20-42-35(40)33(41)34(31)43-37(44-36)52-25-30-10-7-16-46(30)21-26-13-17-45(18-14-26)19-15-32(49)51-24-27-8-5-4-6-9-27/h4-6,8-9,20,26,28-30H,7,10-19,21-25H2,1-3H3/t28?,29?,30-/m0/s1. The molecule has 4 aliphatic heterocycles. The van der Waals surface area contributed by atoms with Gasteiger partial charge in [-0.25, -0.2) is 14.2 Å². The molecule has 2 aromatic heterocycles. The molecule has 7 rings (SSSR count). The third-order valence-electron chi connectivity index (χ3n) is 11.0. The number of benzene rings is 1. The Labute approximate surface area is 315 Å². The van der Waals surface area contributed by atoms with Crippen LogP contribution in [0.1, 0.15) is 71.3 Å². The number of amides is 1. The molecule has 286 valence electrons. The number of anilines is 1. The van der Waals surface area contributed by atoms with Crippen LogP contribution in [0.4, 0.5) is 15.0 Å². The number of pyridine rings is 1. The largest absolute Gasteiger partial charge is 0.462 e. The molecule has 1 amide bonds. The van der Waals surface area contributed by atoms with Crippen LogP contribution in [-0.2, 0) is 20.9 Å². The van der Waals surface area contributed by atoms with E-state index in [2.05, 4.69) is 24.7 Å². The predicted molar refractivity (Wildman–Crippen MR) is 200 cm³/mol. The van der Waals surface area contributed by atoms with Crippen molar-refractivity contribution in [1.82, 2.24) is 29.7 Å². The van der Waals surface area contributed by atoms with Gasteiger partial charge in [0.25, 0.3) is 0 Å². The van der Waals surface area contributed by atoms with E-state index in [9.17, 15) is 9.59 Å². The Bertz CT molecular complexity index is 1740. The summed E-state index contributed by atoms with van der Waals surface area (Å²) in [6.07, 6.45) is 7.57. The number of piperidine rings is 1. The molecule has 1 aromatic carbocycles. The smallest absolute Gasteiger partial charge is 0.410 e. The maximum atomic E-state index is 15.4. The molecule has 0 saturated carbocycles. The highest BCUT2D eigenvalue weighted by molar-refractivity contribution is 6.30. The predicted octanol–water partition coefficient (Wildman–Crippen LogP) is 6.09. The van der Waals surface area contributed by atoms with E-state index in [1.165, 1.54) is 6.20 Å². The quantitative estimate of drug-likeness (QED) is 0.168. The number of aromatic nitrogens is 3. The Kier molecular flexibility index (Phi) is 11.5. The summed E-state index contributed by atoms with van der Waals surface area (Å²) >= 11 is 6.12. The Balaban J connectivity index is 0.938. The number of piperazine rings is 1. The lowest BCUT2D eigenvalue weighted by Crippen LogP contribution is -2.57. The highest BCUT2D eigenvalue weighted by Gasteiger charge is 2.45. The highest BCUT2D eigenvalue weighted by Crippen LogP contribution is 2.37. The van der Waals surface area contributed by atoms with E-state index < -0.39 is 11.4 Å². The fourth-order valence-electron chi connectivity index (χ4n) is 8.27. The van der Waals surface area contributed by atoms with E-state index >= 15 is 4.39 Å². The lowest BCUT2D eigenvalue weighted by atomic mass is 9.96. The number of hydrogen-bond acceptors (Lipinski definition) is 11. The summed E-state index contributed by atoms with van der Waals surface area (Å²) in [6.45, 7) is 12.0. The molecule has 3 aromatic rings. The second-order valence-corrected chi connectivity index (χ2v) is 16.3. The molecular weight excluding hydrogens is 701 g/mol. The molecule has 14 heteroatoms. The van der Waals surface area contributed by atoms with Gasteiger partial charge >= 0.3 is 18.1 Å². The summed E-state index contributed by atoms with van der Waals surface area (Å²) in [5, 5.41) is 0.209. The molecule has 0 spiro atoms. The zero-order valence-corrected chi connectivity index (χ0v) is 31.8. The van der Waals surface area contributed by atoms with Crippen LogP contribution in [0.5, 0.6) is 6.01 Å². The minimum Gasteiger partial charge on any atom is -0.462 e. The van der Waals surface area contributed by atoms with Crippen LogP contribution in [0.15, 0.2) is 36.5 Å². The van der Waals surface area contributed by atoms with Crippen LogP contribution in [-0.4, -0.2) is 118 Å². The Morgan fingerprint density at radius 2 is 1.72 bits per heavy atom. The summed E-state index contributed by atoms with van der Waals surface area (Å²) < 4.78 is 32.9. The number of hydrogen-bond donors (Lipinski definition) is 0. The number of carbonyl (C=O) groups excluding carboxylic acids is 2.